The molecule has 0 saturated carbocycles. The van der Waals surface area contributed by atoms with E-state index in [4.69, 9.17) is 4.74 Å². The Kier molecular flexibility index (Phi) is 9.62. The number of carbonyl (C=O) groups excluding carboxylic acids is 2. The van der Waals surface area contributed by atoms with Crippen LogP contribution in [0.5, 0.6) is 5.75 Å². The summed E-state index contributed by atoms with van der Waals surface area (Å²) in [7, 11) is 0. The fraction of sp³-hybridized carbons (Fsp3) is 0.548. The van der Waals surface area contributed by atoms with Gasteiger partial charge in [0.25, 0.3) is 5.91 Å². The Morgan fingerprint density at radius 2 is 1.65 bits per heavy atom. The highest BCUT2D eigenvalue weighted by Gasteiger charge is 2.30. The number of benzene rings is 2. The summed E-state index contributed by atoms with van der Waals surface area (Å²) in [6.07, 6.45) is 5.03. The summed E-state index contributed by atoms with van der Waals surface area (Å²) < 4.78 is 6.33. The van der Waals surface area contributed by atoms with Gasteiger partial charge in [0.1, 0.15) is 12.4 Å². The molecule has 2 aliphatic rings. The van der Waals surface area contributed by atoms with E-state index >= 15 is 0 Å². The van der Waals surface area contributed by atoms with Crippen molar-refractivity contribution in [2.75, 3.05) is 39.3 Å². The van der Waals surface area contributed by atoms with E-state index in [1.807, 2.05) is 36.1 Å². The molecule has 0 unspecified atom stereocenters. The number of nitrogens with zero attached hydrogens (tertiary/aromatic N) is 3. The van der Waals surface area contributed by atoms with E-state index in [0.717, 1.165) is 58.3 Å². The molecule has 4 rings (SSSR count). The molecule has 0 radical (unpaired) electrons. The first-order chi connectivity index (χ1) is 18.0. The van der Waals surface area contributed by atoms with Gasteiger partial charge in [0.15, 0.2) is 0 Å². The highest BCUT2D eigenvalue weighted by Crippen LogP contribution is 2.24. The smallest absolute Gasteiger partial charge is 0.257 e. The Labute approximate surface area is 222 Å². The van der Waals surface area contributed by atoms with Crippen molar-refractivity contribution in [1.29, 1.82) is 0 Å². The van der Waals surface area contributed by atoms with Crippen molar-refractivity contribution in [3.63, 3.8) is 0 Å². The summed E-state index contributed by atoms with van der Waals surface area (Å²) in [5, 5.41) is 0. The highest BCUT2D eigenvalue weighted by atomic mass is 16.5. The average Bonchev–Trinajstić information content (AvgIpc) is 2.90. The third kappa shape index (κ3) is 6.92. The predicted octanol–water partition coefficient (Wildman–Crippen LogP) is 5.01. The van der Waals surface area contributed by atoms with Crippen molar-refractivity contribution in [3.8, 4) is 5.75 Å². The van der Waals surface area contributed by atoms with E-state index in [1.165, 1.54) is 11.1 Å². The van der Waals surface area contributed by atoms with Gasteiger partial charge in [-0.2, -0.15) is 0 Å². The zero-order valence-corrected chi connectivity index (χ0v) is 22.8. The Morgan fingerprint density at radius 3 is 2.41 bits per heavy atom. The lowest BCUT2D eigenvalue weighted by molar-refractivity contribution is -0.137. The molecule has 0 aromatic heterocycles. The normalized spacial score (nSPS) is 20.1. The van der Waals surface area contributed by atoms with E-state index in [2.05, 4.69) is 47.9 Å². The molecule has 0 bridgehead atoms. The van der Waals surface area contributed by atoms with Gasteiger partial charge in [0.05, 0.1) is 18.2 Å². The van der Waals surface area contributed by atoms with Crippen LogP contribution in [0.1, 0.15) is 67.9 Å². The fourth-order valence-corrected chi connectivity index (χ4v) is 5.55. The fourth-order valence-electron chi connectivity index (χ4n) is 5.55. The number of hydrogen-bond acceptors (Lipinski definition) is 4. The lowest BCUT2D eigenvalue weighted by Gasteiger charge is -2.37. The van der Waals surface area contributed by atoms with Gasteiger partial charge in [0.2, 0.25) is 5.91 Å². The molecule has 2 aromatic rings. The maximum Gasteiger partial charge on any atom is 0.257 e. The predicted molar refractivity (Wildman–Crippen MR) is 148 cm³/mol. The quantitative estimate of drug-likeness (QED) is 0.586. The van der Waals surface area contributed by atoms with Crippen LogP contribution in [0.15, 0.2) is 48.5 Å². The van der Waals surface area contributed by atoms with E-state index < -0.39 is 0 Å². The monoisotopic (exact) mass is 505 g/mol. The second-order valence-electron chi connectivity index (χ2n) is 10.7. The minimum Gasteiger partial charge on any atom is -0.491 e. The van der Waals surface area contributed by atoms with Gasteiger partial charge in [-0.15, -0.1) is 0 Å². The van der Waals surface area contributed by atoms with Crippen molar-refractivity contribution < 1.29 is 14.3 Å². The third-order valence-corrected chi connectivity index (χ3v) is 7.83. The van der Waals surface area contributed by atoms with Crippen molar-refractivity contribution in [1.82, 2.24) is 14.7 Å². The van der Waals surface area contributed by atoms with E-state index in [0.29, 0.717) is 31.0 Å². The van der Waals surface area contributed by atoms with Crippen LogP contribution in [0.25, 0.3) is 0 Å². The molecule has 37 heavy (non-hydrogen) atoms. The van der Waals surface area contributed by atoms with Gasteiger partial charge < -0.3 is 14.5 Å². The molecule has 0 aliphatic carbocycles. The topological polar surface area (TPSA) is 53.1 Å². The van der Waals surface area contributed by atoms with Crippen molar-refractivity contribution in [3.05, 3.63) is 65.2 Å². The summed E-state index contributed by atoms with van der Waals surface area (Å²) in [6, 6.07) is 16.0. The Bertz CT molecular complexity index is 1050. The van der Waals surface area contributed by atoms with Crippen LogP contribution in [0.4, 0.5) is 0 Å². The molecule has 0 saturated heterocycles. The van der Waals surface area contributed by atoms with Gasteiger partial charge in [-0.3, -0.25) is 14.5 Å². The Morgan fingerprint density at radius 1 is 0.946 bits per heavy atom. The Balaban J connectivity index is 1.53. The van der Waals surface area contributed by atoms with Crippen LogP contribution >= 0.6 is 0 Å². The molecule has 6 nitrogen and oxygen atoms in total. The molecule has 2 heterocycles. The van der Waals surface area contributed by atoms with Crippen LogP contribution in [0.2, 0.25) is 0 Å². The second kappa shape index (κ2) is 13.1. The Hall–Kier alpha value is -2.86. The average molecular weight is 506 g/mol. The summed E-state index contributed by atoms with van der Waals surface area (Å²) in [5.74, 6) is 1.03. The molecule has 0 N–H and O–H groups in total. The molecule has 200 valence electrons. The number of carbonyl (C=O) groups is 2. The number of hydrogen-bond donors (Lipinski definition) is 0. The van der Waals surface area contributed by atoms with Gasteiger partial charge in [-0.1, -0.05) is 63.1 Å². The first-order valence-electron chi connectivity index (χ1n) is 14.1. The molecule has 0 fully saturated rings. The molecule has 2 aromatic carbocycles. The summed E-state index contributed by atoms with van der Waals surface area (Å²) in [4.78, 5) is 33.4. The number of ether oxygens (including phenoxy) is 1. The SMILES string of the molecule is CCN1CCCCCCN(C(=O)CN2CCc3ccccc3C2)[C@@H](C(C)C)COc2ccccc2C1=O. The van der Waals surface area contributed by atoms with E-state index in [-0.39, 0.29) is 23.8 Å². The highest BCUT2D eigenvalue weighted by molar-refractivity contribution is 5.97. The third-order valence-electron chi connectivity index (χ3n) is 7.83. The van der Waals surface area contributed by atoms with Crippen LogP contribution in [-0.2, 0) is 17.8 Å². The molecule has 2 aliphatic heterocycles. The van der Waals surface area contributed by atoms with Gasteiger partial charge in [-0.25, -0.2) is 0 Å². The maximum atomic E-state index is 13.8. The molecular weight excluding hydrogens is 462 g/mol. The van der Waals surface area contributed by atoms with E-state index in [1.54, 1.807) is 0 Å². The standard InChI is InChI=1S/C31H43N3O3/c1-4-33-18-11-5-6-12-19-34(30(35)22-32-20-17-25-13-7-8-14-26(25)21-32)28(24(2)3)23-37-29-16-10-9-15-27(29)31(33)36/h7-10,13-16,24,28H,4-6,11-12,17-23H2,1-3H3/t28-/m1/s1. The van der Waals surface area contributed by atoms with Crippen LogP contribution in [0, 0.1) is 5.92 Å². The summed E-state index contributed by atoms with van der Waals surface area (Å²) in [6.45, 7) is 11.1. The van der Waals surface area contributed by atoms with Gasteiger partial charge in [0, 0.05) is 32.7 Å². The zero-order valence-electron chi connectivity index (χ0n) is 22.8. The zero-order chi connectivity index (χ0) is 26.2. The molecular formula is C31H43N3O3. The number of amides is 2. The van der Waals surface area contributed by atoms with Crippen LogP contribution in [-0.4, -0.2) is 71.9 Å². The van der Waals surface area contributed by atoms with Crippen molar-refractivity contribution in [2.24, 2.45) is 5.92 Å². The number of para-hydroxylation sites is 1. The van der Waals surface area contributed by atoms with Crippen LogP contribution in [0.3, 0.4) is 0 Å². The summed E-state index contributed by atoms with van der Waals surface area (Å²) >= 11 is 0. The minimum absolute atomic E-state index is 0.0227. The molecule has 1 atom stereocenters. The lowest BCUT2D eigenvalue weighted by Crippen LogP contribution is -2.51. The van der Waals surface area contributed by atoms with Crippen molar-refractivity contribution in [2.45, 2.75) is 65.5 Å². The lowest BCUT2D eigenvalue weighted by atomic mass is 9.99. The molecule has 6 heteroatoms. The van der Waals surface area contributed by atoms with E-state index in [9.17, 15) is 9.59 Å². The molecule has 0 spiro atoms. The summed E-state index contributed by atoms with van der Waals surface area (Å²) in [5.41, 5.74) is 3.33. The minimum atomic E-state index is -0.0575. The van der Waals surface area contributed by atoms with Gasteiger partial charge in [-0.05, 0) is 55.4 Å². The largest absolute Gasteiger partial charge is 0.491 e. The van der Waals surface area contributed by atoms with Gasteiger partial charge >= 0.3 is 0 Å². The second-order valence-corrected chi connectivity index (χ2v) is 10.7. The maximum absolute atomic E-state index is 13.8. The van der Waals surface area contributed by atoms with Crippen molar-refractivity contribution >= 4 is 11.8 Å². The van der Waals surface area contributed by atoms with Crippen LogP contribution < -0.4 is 4.74 Å². The molecule has 2 amide bonds. The first kappa shape index (κ1) is 27.2. The number of fused-ring (bicyclic) bond motifs is 2. The number of rotatable bonds is 4. The first-order valence-corrected chi connectivity index (χ1v) is 14.1.